The molecule has 1 heterocycles. The van der Waals surface area contributed by atoms with Crippen molar-refractivity contribution < 1.29 is 9.90 Å². The molecule has 1 aromatic heterocycles. The highest BCUT2D eigenvalue weighted by molar-refractivity contribution is 8.00. The van der Waals surface area contributed by atoms with Gasteiger partial charge in [0.15, 0.2) is 0 Å². The number of nitrogens with zero attached hydrogens (tertiary/aromatic N) is 2. The van der Waals surface area contributed by atoms with E-state index < -0.39 is 11.2 Å². The van der Waals surface area contributed by atoms with E-state index in [1.807, 2.05) is 13.8 Å². The Balaban J connectivity index is 2.27. The van der Waals surface area contributed by atoms with Gasteiger partial charge in [-0.25, -0.2) is 9.97 Å². The Kier molecular flexibility index (Phi) is 4.80. The second-order valence-corrected chi connectivity index (χ2v) is 6.42. The average molecular weight is 280 g/mol. The summed E-state index contributed by atoms with van der Waals surface area (Å²) in [5.74, 6) is -0.681. The zero-order chi connectivity index (χ0) is 13.8. The highest BCUT2D eigenvalue weighted by Gasteiger charge is 2.25. The van der Waals surface area contributed by atoms with Crippen LogP contribution >= 0.6 is 11.8 Å². The minimum atomic E-state index is -0.763. The molecule has 1 unspecified atom stereocenters. The van der Waals surface area contributed by atoms with E-state index in [1.165, 1.54) is 30.2 Å². The van der Waals surface area contributed by atoms with Crippen LogP contribution in [0.25, 0.3) is 0 Å². The largest absolute Gasteiger partial charge is 0.480 e. The minimum Gasteiger partial charge on any atom is -0.480 e. The van der Waals surface area contributed by atoms with Gasteiger partial charge in [-0.2, -0.15) is 0 Å². The molecule has 1 aliphatic carbocycles. The predicted molar refractivity (Wildman–Crippen MR) is 75.4 cm³/mol. The van der Waals surface area contributed by atoms with Crippen LogP contribution in [-0.4, -0.2) is 26.3 Å². The van der Waals surface area contributed by atoms with Crippen molar-refractivity contribution in [1.82, 2.24) is 9.97 Å². The molecule has 2 rings (SSSR count). The number of hydrogen-bond acceptors (Lipinski definition) is 4. The number of rotatable bonds is 4. The van der Waals surface area contributed by atoms with Crippen LogP contribution in [-0.2, 0) is 17.6 Å². The molecule has 1 N–H and O–H groups in total. The van der Waals surface area contributed by atoms with Gasteiger partial charge in [0.1, 0.15) is 16.6 Å². The van der Waals surface area contributed by atoms with Crippen LogP contribution < -0.4 is 0 Å². The summed E-state index contributed by atoms with van der Waals surface area (Å²) in [5, 5.41) is 9.73. The summed E-state index contributed by atoms with van der Waals surface area (Å²) >= 11 is 1.38. The van der Waals surface area contributed by atoms with Crippen LogP contribution in [0, 0.1) is 5.92 Å². The quantitative estimate of drug-likeness (QED) is 0.522. The lowest BCUT2D eigenvalue weighted by molar-refractivity contribution is -0.137. The number of aromatic nitrogens is 2. The van der Waals surface area contributed by atoms with Crippen molar-refractivity contribution in [3.63, 3.8) is 0 Å². The summed E-state index contributed by atoms with van der Waals surface area (Å²) in [6, 6.07) is 0. The Labute approximate surface area is 118 Å². The number of carboxylic acids is 1. The van der Waals surface area contributed by atoms with Gasteiger partial charge in [0.25, 0.3) is 0 Å². The maximum atomic E-state index is 11.3. The van der Waals surface area contributed by atoms with Gasteiger partial charge >= 0.3 is 5.97 Å². The molecular formula is C14H20N2O2S. The van der Waals surface area contributed by atoms with E-state index in [4.69, 9.17) is 0 Å². The molecule has 1 atom stereocenters. The number of carbonyl (C=O) groups is 1. The second-order valence-electron chi connectivity index (χ2n) is 5.29. The molecule has 0 bridgehead atoms. The number of thioether (sulfide) groups is 1. The number of aliphatic carboxylic acids is 1. The Morgan fingerprint density at radius 1 is 1.26 bits per heavy atom. The van der Waals surface area contributed by atoms with E-state index in [1.54, 1.807) is 6.33 Å². The van der Waals surface area contributed by atoms with Crippen molar-refractivity contribution >= 4 is 17.7 Å². The molecular weight excluding hydrogens is 260 g/mol. The normalized spacial score (nSPS) is 16.8. The Morgan fingerprint density at radius 3 is 2.68 bits per heavy atom. The van der Waals surface area contributed by atoms with E-state index in [0.29, 0.717) is 0 Å². The van der Waals surface area contributed by atoms with Gasteiger partial charge in [0.05, 0.1) is 0 Å². The van der Waals surface area contributed by atoms with Crippen molar-refractivity contribution in [3.8, 4) is 0 Å². The third kappa shape index (κ3) is 3.47. The third-order valence-corrected chi connectivity index (χ3v) is 5.00. The molecule has 19 heavy (non-hydrogen) atoms. The third-order valence-electron chi connectivity index (χ3n) is 3.42. The second kappa shape index (κ2) is 6.37. The Hall–Kier alpha value is -1.10. The van der Waals surface area contributed by atoms with Crippen molar-refractivity contribution in [2.75, 3.05) is 0 Å². The lowest BCUT2D eigenvalue weighted by Gasteiger charge is -2.17. The lowest BCUT2D eigenvalue weighted by Crippen LogP contribution is -2.23. The number of hydrogen-bond donors (Lipinski definition) is 1. The molecule has 1 aromatic rings. The van der Waals surface area contributed by atoms with E-state index in [-0.39, 0.29) is 5.92 Å². The predicted octanol–water partition coefficient (Wildman–Crippen LogP) is 2.95. The number of aryl methyl sites for hydroxylation is 1. The van der Waals surface area contributed by atoms with E-state index in [2.05, 4.69) is 9.97 Å². The zero-order valence-corrected chi connectivity index (χ0v) is 12.2. The monoisotopic (exact) mass is 280 g/mol. The fourth-order valence-corrected chi connectivity index (χ4v) is 3.45. The highest BCUT2D eigenvalue weighted by atomic mass is 32.2. The molecule has 0 fully saturated rings. The molecule has 5 heteroatoms. The summed E-state index contributed by atoms with van der Waals surface area (Å²) in [7, 11) is 0. The number of fused-ring (bicyclic) bond motifs is 1. The van der Waals surface area contributed by atoms with Crippen molar-refractivity contribution in [1.29, 1.82) is 0 Å². The average Bonchev–Trinajstić information content (AvgIpc) is 2.60. The summed E-state index contributed by atoms with van der Waals surface area (Å²) < 4.78 is 0. The van der Waals surface area contributed by atoms with Crippen LogP contribution in [0.4, 0.5) is 0 Å². The van der Waals surface area contributed by atoms with Gasteiger partial charge in [0, 0.05) is 11.3 Å². The van der Waals surface area contributed by atoms with Crippen LogP contribution in [0.5, 0.6) is 0 Å². The van der Waals surface area contributed by atoms with E-state index in [9.17, 15) is 9.90 Å². The lowest BCUT2D eigenvalue weighted by atomic mass is 10.1. The standard InChI is InChI=1S/C14H20N2O2S/c1-9(2)12(14(17)18)19-13-10-6-4-3-5-7-11(10)15-8-16-13/h8-9,12H,3-7H2,1-2H3,(H,17,18). The molecule has 0 aromatic carbocycles. The molecule has 0 spiro atoms. The molecule has 4 nitrogen and oxygen atoms in total. The van der Waals surface area contributed by atoms with Gasteiger partial charge in [-0.3, -0.25) is 4.79 Å². The molecule has 0 amide bonds. The summed E-state index contributed by atoms with van der Waals surface area (Å²) in [6.45, 7) is 3.87. The molecule has 0 saturated heterocycles. The SMILES string of the molecule is CC(C)C(Sc1ncnc2c1CCCCC2)C(=O)O. The molecule has 0 radical (unpaired) electrons. The maximum Gasteiger partial charge on any atom is 0.317 e. The van der Waals surface area contributed by atoms with E-state index in [0.717, 1.165) is 30.0 Å². The molecule has 0 saturated carbocycles. The van der Waals surface area contributed by atoms with Crippen molar-refractivity contribution in [2.45, 2.75) is 56.2 Å². The minimum absolute atomic E-state index is 0.0823. The van der Waals surface area contributed by atoms with Gasteiger partial charge < -0.3 is 5.11 Å². The maximum absolute atomic E-state index is 11.3. The van der Waals surface area contributed by atoms with Gasteiger partial charge in [-0.1, -0.05) is 32.0 Å². The fraction of sp³-hybridized carbons (Fsp3) is 0.643. The first-order chi connectivity index (χ1) is 9.09. The first-order valence-electron chi connectivity index (χ1n) is 6.81. The zero-order valence-electron chi connectivity index (χ0n) is 11.4. The van der Waals surface area contributed by atoms with Gasteiger partial charge in [-0.15, -0.1) is 0 Å². The molecule has 1 aliphatic rings. The summed E-state index contributed by atoms with van der Waals surface area (Å²) in [5.41, 5.74) is 2.29. The highest BCUT2D eigenvalue weighted by Crippen LogP contribution is 2.32. The van der Waals surface area contributed by atoms with Gasteiger partial charge in [-0.05, 0) is 31.6 Å². The summed E-state index contributed by atoms with van der Waals surface area (Å²) in [6.07, 6.45) is 7.07. The smallest absolute Gasteiger partial charge is 0.317 e. The van der Waals surface area contributed by atoms with Crippen molar-refractivity contribution in [3.05, 3.63) is 17.6 Å². The summed E-state index contributed by atoms with van der Waals surface area (Å²) in [4.78, 5) is 20.0. The molecule has 0 aliphatic heterocycles. The fourth-order valence-electron chi connectivity index (χ4n) is 2.36. The van der Waals surface area contributed by atoms with Crippen LogP contribution in [0.2, 0.25) is 0 Å². The van der Waals surface area contributed by atoms with Crippen LogP contribution in [0.15, 0.2) is 11.4 Å². The van der Waals surface area contributed by atoms with Crippen LogP contribution in [0.1, 0.15) is 44.4 Å². The van der Waals surface area contributed by atoms with Gasteiger partial charge in [0.2, 0.25) is 0 Å². The van der Waals surface area contributed by atoms with E-state index >= 15 is 0 Å². The van der Waals surface area contributed by atoms with Crippen LogP contribution in [0.3, 0.4) is 0 Å². The van der Waals surface area contributed by atoms with Crippen molar-refractivity contribution in [2.24, 2.45) is 5.92 Å². The first kappa shape index (κ1) is 14.3. The first-order valence-corrected chi connectivity index (χ1v) is 7.69. The molecule has 104 valence electrons. The topological polar surface area (TPSA) is 63.1 Å². The number of carboxylic acid groups (broad SMARTS) is 1. The Morgan fingerprint density at radius 2 is 2.00 bits per heavy atom. The Bertz CT molecular complexity index is 463.